The van der Waals surface area contributed by atoms with Gasteiger partial charge in [0, 0.05) is 25.8 Å². The highest BCUT2D eigenvalue weighted by Crippen LogP contribution is 2.04. The first-order valence-corrected chi connectivity index (χ1v) is 7.41. The second-order valence-electron chi connectivity index (χ2n) is 4.64. The van der Waals surface area contributed by atoms with Crippen LogP contribution >= 0.6 is 0 Å². The summed E-state index contributed by atoms with van der Waals surface area (Å²) in [5.74, 6) is 0.748. The van der Waals surface area contributed by atoms with Gasteiger partial charge in [-0.2, -0.15) is 0 Å². The molecule has 1 rings (SSSR count). The van der Waals surface area contributed by atoms with E-state index in [0.29, 0.717) is 12.1 Å². The molecule has 0 fully saturated rings. The van der Waals surface area contributed by atoms with E-state index in [-0.39, 0.29) is 5.91 Å². The first kappa shape index (κ1) is 16.4. The van der Waals surface area contributed by atoms with E-state index in [1.807, 2.05) is 6.07 Å². The summed E-state index contributed by atoms with van der Waals surface area (Å²) in [7, 11) is 0. The molecule has 5 heteroatoms. The van der Waals surface area contributed by atoms with Crippen LogP contribution in [-0.4, -0.2) is 48.5 Å². The molecule has 20 heavy (non-hydrogen) atoms. The van der Waals surface area contributed by atoms with Gasteiger partial charge in [-0.1, -0.05) is 20.8 Å². The number of aromatic nitrogens is 1. The molecule has 0 spiro atoms. The Morgan fingerprint density at radius 2 is 1.95 bits per heavy atom. The Hall–Kier alpha value is -1.62. The highest BCUT2D eigenvalue weighted by atomic mass is 16.1. The monoisotopic (exact) mass is 278 g/mol. The lowest BCUT2D eigenvalue weighted by Crippen LogP contribution is -2.34. The first-order valence-electron chi connectivity index (χ1n) is 7.41. The SMILES string of the molecule is CCCNc1ccc(C(=O)NCCN(CC)CC)cn1. The van der Waals surface area contributed by atoms with Crippen molar-refractivity contribution < 1.29 is 4.79 Å². The van der Waals surface area contributed by atoms with Crippen molar-refractivity contribution in [2.24, 2.45) is 0 Å². The molecule has 0 atom stereocenters. The van der Waals surface area contributed by atoms with Crippen molar-refractivity contribution in [2.45, 2.75) is 27.2 Å². The lowest BCUT2D eigenvalue weighted by atomic mass is 10.2. The molecular formula is C15H26N4O. The van der Waals surface area contributed by atoms with Gasteiger partial charge in [-0.05, 0) is 31.6 Å². The van der Waals surface area contributed by atoms with Crippen LogP contribution in [0.4, 0.5) is 5.82 Å². The number of nitrogens with zero attached hydrogens (tertiary/aromatic N) is 2. The van der Waals surface area contributed by atoms with E-state index >= 15 is 0 Å². The molecule has 0 aliphatic rings. The Labute approximate surface area is 121 Å². The maximum absolute atomic E-state index is 11.9. The van der Waals surface area contributed by atoms with E-state index in [9.17, 15) is 4.79 Å². The van der Waals surface area contributed by atoms with Crippen molar-refractivity contribution in [3.05, 3.63) is 23.9 Å². The van der Waals surface area contributed by atoms with Crippen molar-refractivity contribution in [2.75, 3.05) is 38.0 Å². The number of pyridine rings is 1. The molecule has 0 saturated heterocycles. The smallest absolute Gasteiger partial charge is 0.252 e. The molecule has 0 saturated carbocycles. The summed E-state index contributed by atoms with van der Waals surface area (Å²) in [6.45, 7) is 10.8. The summed E-state index contributed by atoms with van der Waals surface area (Å²) in [5, 5.41) is 6.10. The van der Waals surface area contributed by atoms with Gasteiger partial charge in [-0.15, -0.1) is 0 Å². The van der Waals surface area contributed by atoms with Gasteiger partial charge in [0.25, 0.3) is 5.91 Å². The van der Waals surface area contributed by atoms with Crippen LogP contribution in [0.15, 0.2) is 18.3 Å². The van der Waals surface area contributed by atoms with Crippen LogP contribution in [0.1, 0.15) is 37.6 Å². The van der Waals surface area contributed by atoms with E-state index in [4.69, 9.17) is 0 Å². The minimum absolute atomic E-state index is 0.0632. The molecule has 5 nitrogen and oxygen atoms in total. The van der Waals surface area contributed by atoms with Crippen LogP contribution in [0.3, 0.4) is 0 Å². The van der Waals surface area contributed by atoms with Crippen LogP contribution in [0.2, 0.25) is 0 Å². The number of amides is 1. The van der Waals surface area contributed by atoms with Gasteiger partial charge in [-0.25, -0.2) is 4.98 Å². The van der Waals surface area contributed by atoms with Crippen molar-refractivity contribution in [3.8, 4) is 0 Å². The minimum atomic E-state index is -0.0632. The quantitative estimate of drug-likeness (QED) is 0.725. The lowest BCUT2D eigenvalue weighted by molar-refractivity contribution is 0.0948. The topological polar surface area (TPSA) is 57.3 Å². The predicted molar refractivity (Wildman–Crippen MR) is 83.1 cm³/mol. The standard InChI is InChI=1S/C15H26N4O/c1-4-9-16-14-8-7-13(12-18-14)15(20)17-10-11-19(5-2)6-3/h7-8,12H,4-6,9-11H2,1-3H3,(H,16,18)(H,17,20). The van der Waals surface area contributed by atoms with Crippen molar-refractivity contribution in [1.29, 1.82) is 0 Å². The van der Waals surface area contributed by atoms with Gasteiger partial charge in [0.15, 0.2) is 0 Å². The highest BCUT2D eigenvalue weighted by Gasteiger charge is 2.06. The van der Waals surface area contributed by atoms with Crippen molar-refractivity contribution >= 4 is 11.7 Å². The molecule has 0 aliphatic heterocycles. The van der Waals surface area contributed by atoms with Crippen LogP contribution in [0.5, 0.6) is 0 Å². The molecule has 1 aromatic heterocycles. The van der Waals surface area contributed by atoms with Crippen molar-refractivity contribution in [1.82, 2.24) is 15.2 Å². The first-order chi connectivity index (χ1) is 9.71. The largest absolute Gasteiger partial charge is 0.370 e. The molecule has 2 N–H and O–H groups in total. The molecule has 112 valence electrons. The zero-order valence-corrected chi connectivity index (χ0v) is 12.8. The molecule has 0 radical (unpaired) electrons. The Morgan fingerprint density at radius 1 is 1.20 bits per heavy atom. The van der Waals surface area contributed by atoms with Gasteiger partial charge in [0.05, 0.1) is 5.56 Å². The number of hydrogen-bond donors (Lipinski definition) is 2. The third-order valence-electron chi connectivity index (χ3n) is 3.19. The third kappa shape index (κ3) is 5.57. The van der Waals surface area contributed by atoms with Crippen LogP contribution in [0.25, 0.3) is 0 Å². The van der Waals surface area contributed by atoms with Gasteiger partial charge in [-0.3, -0.25) is 4.79 Å². The van der Waals surface area contributed by atoms with E-state index in [2.05, 4.69) is 41.3 Å². The van der Waals surface area contributed by atoms with E-state index in [1.54, 1.807) is 12.3 Å². The summed E-state index contributed by atoms with van der Waals surface area (Å²) in [6.07, 6.45) is 2.67. The van der Waals surface area contributed by atoms with Crippen LogP contribution in [-0.2, 0) is 0 Å². The zero-order chi connectivity index (χ0) is 14.8. The number of rotatable bonds is 9. The number of likely N-dealkylation sites (N-methyl/N-ethyl adjacent to an activating group) is 1. The minimum Gasteiger partial charge on any atom is -0.370 e. The average molecular weight is 278 g/mol. The number of anilines is 1. The molecule has 1 aromatic rings. The third-order valence-corrected chi connectivity index (χ3v) is 3.19. The molecule has 0 bridgehead atoms. The lowest BCUT2D eigenvalue weighted by Gasteiger charge is -2.17. The van der Waals surface area contributed by atoms with Crippen LogP contribution < -0.4 is 10.6 Å². The second kappa shape index (κ2) is 9.31. The maximum Gasteiger partial charge on any atom is 0.252 e. The number of nitrogens with one attached hydrogen (secondary N) is 2. The number of carbonyl (C=O) groups is 1. The van der Waals surface area contributed by atoms with E-state index < -0.39 is 0 Å². The van der Waals surface area contributed by atoms with Crippen molar-refractivity contribution in [3.63, 3.8) is 0 Å². The predicted octanol–water partition coefficient (Wildman–Crippen LogP) is 1.98. The summed E-state index contributed by atoms with van der Waals surface area (Å²) < 4.78 is 0. The number of carbonyl (C=O) groups excluding carboxylic acids is 1. The van der Waals surface area contributed by atoms with Gasteiger partial charge in [0.2, 0.25) is 0 Å². The highest BCUT2D eigenvalue weighted by molar-refractivity contribution is 5.94. The van der Waals surface area contributed by atoms with Crippen LogP contribution in [0, 0.1) is 0 Å². The summed E-state index contributed by atoms with van der Waals surface area (Å²) >= 11 is 0. The summed E-state index contributed by atoms with van der Waals surface area (Å²) in [5.41, 5.74) is 0.603. The zero-order valence-electron chi connectivity index (χ0n) is 12.8. The average Bonchev–Trinajstić information content (AvgIpc) is 2.50. The fourth-order valence-electron chi connectivity index (χ4n) is 1.86. The van der Waals surface area contributed by atoms with E-state index in [0.717, 1.165) is 38.4 Å². The van der Waals surface area contributed by atoms with Gasteiger partial charge in [0.1, 0.15) is 5.82 Å². The molecule has 0 aromatic carbocycles. The fraction of sp³-hybridized carbons (Fsp3) is 0.600. The Balaban J connectivity index is 2.39. The molecule has 1 amide bonds. The molecular weight excluding hydrogens is 252 g/mol. The number of hydrogen-bond acceptors (Lipinski definition) is 4. The van der Waals surface area contributed by atoms with E-state index in [1.165, 1.54) is 0 Å². The van der Waals surface area contributed by atoms with Gasteiger partial charge < -0.3 is 15.5 Å². The Morgan fingerprint density at radius 3 is 2.50 bits per heavy atom. The normalized spacial score (nSPS) is 10.6. The second-order valence-corrected chi connectivity index (χ2v) is 4.64. The fourth-order valence-corrected chi connectivity index (χ4v) is 1.86. The maximum atomic E-state index is 11.9. The molecule has 0 unspecified atom stereocenters. The molecule has 0 aliphatic carbocycles. The molecule has 1 heterocycles. The summed E-state index contributed by atoms with van der Waals surface area (Å²) in [6, 6.07) is 3.65. The Bertz CT molecular complexity index is 387. The Kier molecular flexibility index (Phi) is 7.65. The summed E-state index contributed by atoms with van der Waals surface area (Å²) in [4.78, 5) is 18.4. The van der Waals surface area contributed by atoms with Gasteiger partial charge >= 0.3 is 0 Å².